The Balaban J connectivity index is 1.99. The third kappa shape index (κ3) is 2.02. The van der Waals surface area contributed by atoms with E-state index >= 15 is 0 Å². The molecule has 17 heavy (non-hydrogen) atoms. The maximum absolute atomic E-state index is 5.36. The summed E-state index contributed by atoms with van der Waals surface area (Å²) in [6.45, 7) is 0. The quantitative estimate of drug-likeness (QED) is 0.829. The van der Waals surface area contributed by atoms with Gasteiger partial charge in [0.2, 0.25) is 0 Å². The van der Waals surface area contributed by atoms with Gasteiger partial charge in [-0.2, -0.15) is 0 Å². The molecule has 2 aromatic heterocycles. The maximum atomic E-state index is 5.36. The Morgan fingerprint density at radius 1 is 1.35 bits per heavy atom. The Morgan fingerprint density at radius 2 is 2.18 bits per heavy atom. The Hall–Kier alpha value is -1.49. The zero-order valence-electron chi connectivity index (χ0n) is 9.47. The molecule has 0 bridgehead atoms. The molecule has 1 aliphatic carbocycles. The van der Waals surface area contributed by atoms with E-state index in [1.807, 2.05) is 10.7 Å². The molecule has 1 N–H and O–H groups in total. The number of nitrogens with zero attached hydrogens (tertiary/aromatic N) is 3. The SMILES string of the molecule is S=c1cc(C2CCCC2)[nH]n1-c1ccncn1. The highest BCUT2D eigenvalue weighted by Crippen LogP contribution is 2.33. The van der Waals surface area contributed by atoms with Crippen molar-refractivity contribution in [2.75, 3.05) is 0 Å². The number of hydrogen-bond acceptors (Lipinski definition) is 3. The largest absolute Gasteiger partial charge is 0.295 e. The highest BCUT2D eigenvalue weighted by molar-refractivity contribution is 7.71. The van der Waals surface area contributed by atoms with Gasteiger partial charge in [-0.15, -0.1) is 0 Å². The van der Waals surface area contributed by atoms with E-state index in [2.05, 4.69) is 21.1 Å². The van der Waals surface area contributed by atoms with Crippen molar-refractivity contribution in [3.63, 3.8) is 0 Å². The molecule has 1 aliphatic rings. The summed E-state index contributed by atoms with van der Waals surface area (Å²) < 4.78 is 2.63. The van der Waals surface area contributed by atoms with Gasteiger partial charge in [0, 0.05) is 23.9 Å². The first-order valence-electron chi connectivity index (χ1n) is 5.93. The van der Waals surface area contributed by atoms with E-state index in [0.717, 1.165) is 10.5 Å². The standard InChI is InChI=1S/C12H14N4S/c17-12-7-10(9-3-1-2-4-9)15-16(12)11-5-6-13-8-14-11/h5-9,15H,1-4H2. The van der Waals surface area contributed by atoms with Crippen molar-refractivity contribution >= 4 is 12.2 Å². The topological polar surface area (TPSA) is 46.5 Å². The van der Waals surface area contributed by atoms with Crippen molar-refractivity contribution in [2.24, 2.45) is 0 Å². The molecule has 0 radical (unpaired) electrons. The molecular weight excluding hydrogens is 232 g/mol. The van der Waals surface area contributed by atoms with Gasteiger partial charge in [0.25, 0.3) is 0 Å². The van der Waals surface area contributed by atoms with Crippen LogP contribution in [0.15, 0.2) is 24.7 Å². The second-order valence-electron chi connectivity index (χ2n) is 4.43. The number of rotatable bonds is 2. The van der Waals surface area contributed by atoms with E-state index < -0.39 is 0 Å². The normalized spacial score (nSPS) is 16.5. The first-order valence-corrected chi connectivity index (χ1v) is 6.34. The molecule has 0 unspecified atom stereocenters. The summed E-state index contributed by atoms with van der Waals surface area (Å²) in [7, 11) is 0. The van der Waals surface area contributed by atoms with Gasteiger partial charge in [-0.3, -0.25) is 5.10 Å². The van der Waals surface area contributed by atoms with Crippen LogP contribution in [0.1, 0.15) is 37.3 Å². The third-order valence-electron chi connectivity index (χ3n) is 3.33. The van der Waals surface area contributed by atoms with Gasteiger partial charge in [0.1, 0.15) is 11.0 Å². The predicted molar refractivity (Wildman–Crippen MR) is 67.8 cm³/mol. The molecule has 0 amide bonds. The summed E-state index contributed by atoms with van der Waals surface area (Å²) in [5.41, 5.74) is 1.24. The van der Waals surface area contributed by atoms with Crippen LogP contribution in [-0.2, 0) is 0 Å². The third-order valence-corrected chi connectivity index (χ3v) is 3.63. The summed E-state index contributed by atoms with van der Waals surface area (Å²) >= 11 is 5.36. The van der Waals surface area contributed by atoms with Crippen molar-refractivity contribution in [1.29, 1.82) is 0 Å². The minimum Gasteiger partial charge on any atom is -0.295 e. The van der Waals surface area contributed by atoms with Crippen LogP contribution in [0.2, 0.25) is 0 Å². The minimum atomic E-state index is 0.639. The number of nitrogens with one attached hydrogen (secondary N) is 1. The monoisotopic (exact) mass is 246 g/mol. The molecule has 0 spiro atoms. The predicted octanol–water partition coefficient (Wildman–Crippen LogP) is 2.98. The van der Waals surface area contributed by atoms with E-state index in [4.69, 9.17) is 12.2 Å². The van der Waals surface area contributed by atoms with Crippen LogP contribution in [0.5, 0.6) is 0 Å². The number of aromatic nitrogens is 4. The Labute approximate surface area is 105 Å². The first kappa shape index (κ1) is 10.7. The lowest BCUT2D eigenvalue weighted by Gasteiger charge is -2.06. The average molecular weight is 246 g/mol. The lowest BCUT2D eigenvalue weighted by Crippen LogP contribution is -2.01. The van der Waals surface area contributed by atoms with Crippen LogP contribution in [0.3, 0.4) is 0 Å². The average Bonchev–Trinajstić information content (AvgIpc) is 2.99. The smallest absolute Gasteiger partial charge is 0.156 e. The van der Waals surface area contributed by atoms with E-state index in [-0.39, 0.29) is 0 Å². The summed E-state index contributed by atoms with van der Waals surface area (Å²) in [6, 6.07) is 3.91. The van der Waals surface area contributed by atoms with Gasteiger partial charge in [0.05, 0.1) is 0 Å². The van der Waals surface area contributed by atoms with E-state index in [0.29, 0.717) is 5.92 Å². The number of H-pyrrole nitrogens is 1. The van der Waals surface area contributed by atoms with Gasteiger partial charge < -0.3 is 0 Å². The van der Waals surface area contributed by atoms with Crippen LogP contribution in [-0.4, -0.2) is 19.7 Å². The Morgan fingerprint density at radius 3 is 2.88 bits per heavy atom. The molecule has 0 saturated heterocycles. The van der Waals surface area contributed by atoms with Crippen molar-refractivity contribution in [3.05, 3.63) is 35.0 Å². The van der Waals surface area contributed by atoms with Crippen LogP contribution >= 0.6 is 12.2 Å². The van der Waals surface area contributed by atoms with Crippen molar-refractivity contribution in [2.45, 2.75) is 31.6 Å². The molecule has 1 saturated carbocycles. The zero-order chi connectivity index (χ0) is 11.7. The summed E-state index contributed by atoms with van der Waals surface area (Å²) in [5.74, 6) is 1.44. The zero-order valence-corrected chi connectivity index (χ0v) is 10.3. The fourth-order valence-corrected chi connectivity index (χ4v) is 2.71. The van der Waals surface area contributed by atoms with E-state index in [1.165, 1.54) is 37.7 Å². The van der Waals surface area contributed by atoms with Gasteiger partial charge in [-0.25, -0.2) is 14.6 Å². The van der Waals surface area contributed by atoms with Gasteiger partial charge >= 0.3 is 0 Å². The Bertz CT molecular complexity index is 551. The van der Waals surface area contributed by atoms with Gasteiger partial charge in [-0.05, 0) is 18.9 Å². The second kappa shape index (κ2) is 4.41. The molecule has 3 rings (SSSR count). The van der Waals surface area contributed by atoms with Crippen molar-refractivity contribution < 1.29 is 0 Å². The first-order chi connectivity index (χ1) is 8.34. The molecule has 0 aromatic carbocycles. The molecule has 0 aliphatic heterocycles. The fourth-order valence-electron chi connectivity index (χ4n) is 2.45. The maximum Gasteiger partial charge on any atom is 0.156 e. The lowest BCUT2D eigenvalue weighted by molar-refractivity contribution is 0.674. The van der Waals surface area contributed by atoms with Crippen molar-refractivity contribution in [3.8, 4) is 5.82 Å². The number of hydrogen-bond donors (Lipinski definition) is 1. The molecule has 1 fully saturated rings. The van der Waals surface area contributed by atoms with Crippen LogP contribution < -0.4 is 0 Å². The fraction of sp³-hybridized carbons (Fsp3) is 0.417. The molecule has 88 valence electrons. The molecule has 0 atom stereocenters. The Kier molecular flexibility index (Phi) is 2.76. The minimum absolute atomic E-state index is 0.639. The lowest BCUT2D eigenvalue weighted by atomic mass is 10.1. The second-order valence-corrected chi connectivity index (χ2v) is 4.85. The van der Waals surface area contributed by atoms with Gasteiger partial charge in [0.15, 0.2) is 5.82 Å². The molecule has 2 heterocycles. The molecule has 2 aromatic rings. The van der Waals surface area contributed by atoms with E-state index in [1.54, 1.807) is 6.20 Å². The summed E-state index contributed by atoms with van der Waals surface area (Å²) in [5, 5.41) is 3.36. The van der Waals surface area contributed by atoms with Crippen molar-refractivity contribution in [1.82, 2.24) is 19.7 Å². The summed E-state index contributed by atoms with van der Waals surface area (Å²) in [4.78, 5) is 8.12. The van der Waals surface area contributed by atoms with E-state index in [9.17, 15) is 0 Å². The van der Waals surface area contributed by atoms with Crippen LogP contribution in [0, 0.1) is 4.64 Å². The number of aromatic amines is 1. The summed E-state index contributed by atoms with van der Waals surface area (Å²) in [6.07, 6.45) is 8.43. The molecule has 5 heteroatoms. The highest BCUT2D eigenvalue weighted by atomic mass is 32.1. The molecule has 4 nitrogen and oxygen atoms in total. The highest BCUT2D eigenvalue weighted by Gasteiger charge is 2.19. The van der Waals surface area contributed by atoms with Crippen LogP contribution in [0.4, 0.5) is 0 Å². The van der Waals surface area contributed by atoms with Gasteiger partial charge in [-0.1, -0.05) is 25.1 Å². The van der Waals surface area contributed by atoms with Crippen LogP contribution in [0.25, 0.3) is 5.82 Å². The molecular formula is C12H14N4S.